The van der Waals surface area contributed by atoms with Gasteiger partial charge in [-0.05, 0) is 32.6 Å². The summed E-state index contributed by atoms with van der Waals surface area (Å²) >= 11 is 0. The highest BCUT2D eigenvalue weighted by Gasteiger charge is 2.39. The second-order valence-electron chi connectivity index (χ2n) is 5.64. The van der Waals surface area contributed by atoms with Crippen molar-refractivity contribution >= 4 is 10.0 Å². The van der Waals surface area contributed by atoms with Crippen molar-refractivity contribution in [3.8, 4) is 0 Å². The highest BCUT2D eigenvalue weighted by molar-refractivity contribution is 7.89. The standard InChI is InChI=1S/C12H20N4O2S/c1-8-12(7-13-15-8)19(17,18)16(2)11-5-9-3-4-10(6-11)14-9/h7,9-11,14H,3-6H2,1-2H3,(H,13,15). The molecule has 3 rings (SSSR count). The molecule has 0 aliphatic carbocycles. The summed E-state index contributed by atoms with van der Waals surface area (Å²) in [7, 11) is -1.74. The summed E-state index contributed by atoms with van der Waals surface area (Å²) in [6.07, 6.45) is 5.54. The number of H-pyrrole nitrogens is 1. The number of aromatic amines is 1. The lowest BCUT2D eigenvalue weighted by atomic mass is 10.0. The van der Waals surface area contributed by atoms with E-state index in [1.807, 2.05) is 0 Å². The van der Waals surface area contributed by atoms with Crippen LogP contribution in [0, 0.1) is 6.92 Å². The fraction of sp³-hybridized carbons (Fsp3) is 0.750. The molecule has 0 spiro atoms. The highest BCUT2D eigenvalue weighted by Crippen LogP contribution is 2.31. The van der Waals surface area contributed by atoms with Crippen LogP contribution in [0.15, 0.2) is 11.1 Å². The maximum atomic E-state index is 12.6. The predicted molar refractivity (Wildman–Crippen MR) is 71.2 cm³/mol. The van der Waals surface area contributed by atoms with E-state index in [9.17, 15) is 8.42 Å². The fourth-order valence-electron chi connectivity index (χ4n) is 3.28. The van der Waals surface area contributed by atoms with Crippen LogP contribution in [0.2, 0.25) is 0 Å². The lowest BCUT2D eigenvalue weighted by molar-refractivity contribution is 0.251. The van der Waals surface area contributed by atoms with E-state index in [2.05, 4.69) is 15.5 Å². The lowest BCUT2D eigenvalue weighted by Crippen LogP contribution is -2.48. The molecule has 0 aromatic carbocycles. The summed E-state index contributed by atoms with van der Waals surface area (Å²) in [6.45, 7) is 1.74. The number of rotatable bonds is 3. The Balaban J connectivity index is 1.84. The molecule has 2 N–H and O–H groups in total. The van der Waals surface area contributed by atoms with Gasteiger partial charge in [0.15, 0.2) is 0 Å². The third kappa shape index (κ3) is 2.19. The topological polar surface area (TPSA) is 78.1 Å². The normalized spacial score (nSPS) is 31.0. The largest absolute Gasteiger partial charge is 0.311 e. The van der Waals surface area contributed by atoms with Crippen molar-refractivity contribution in [2.45, 2.75) is 55.6 Å². The number of hydrogen-bond donors (Lipinski definition) is 2. The second-order valence-corrected chi connectivity index (χ2v) is 7.61. The molecule has 7 heteroatoms. The number of aromatic nitrogens is 2. The third-order valence-corrected chi connectivity index (χ3v) is 6.43. The zero-order chi connectivity index (χ0) is 13.6. The van der Waals surface area contributed by atoms with Crippen molar-refractivity contribution in [2.24, 2.45) is 0 Å². The Morgan fingerprint density at radius 1 is 1.32 bits per heavy atom. The van der Waals surface area contributed by atoms with Crippen molar-refractivity contribution < 1.29 is 8.42 Å². The van der Waals surface area contributed by atoms with Crippen LogP contribution in [0.5, 0.6) is 0 Å². The lowest BCUT2D eigenvalue weighted by Gasteiger charge is -2.34. The molecule has 2 aliphatic rings. The molecule has 2 unspecified atom stereocenters. The van der Waals surface area contributed by atoms with E-state index in [0.29, 0.717) is 22.7 Å². The van der Waals surface area contributed by atoms with E-state index < -0.39 is 10.0 Å². The zero-order valence-electron chi connectivity index (χ0n) is 11.3. The number of piperidine rings is 1. The van der Waals surface area contributed by atoms with E-state index >= 15 is 0 Å². The fourth-order valence-corrected chi connectivity index (χ4v) is 4.77. The van der Waals surface area contributed by atoms with Crippen molar-refractivity contribution in [3.63, 3.8) is 0 Å². The van der Waals surface area contributed by atoms with Gasteiger partial charge >= 0.3 is 0 Å². The van der Waals surface area contributed by atoms with Gasteiger partial charge in [0.1, 0.15) is 4.90 Å². The predicted octanol–water partition coefficient (Wildman–Crippen LogP) is 0.622. The van der Waals surface area contributed by atoms with Crippen LogP contribution >= 0.6 is 0 Å². The Hall–Kier alpha value is -0.920. The van der Waals surface area contributed by atoms with Crippen LogP contribution in [0.4, 0.5) is 0 Å². The average Bonchev–Trinajstić information content (AvgIpc) is 2.94. The van der Waals surface area contributed by atoms with Gasteiger partial charge in [-0.1, -0.05) is 0 Å². The van der Waals surface area contributed by atoms with E-state index in [4.69, 9.17) is 0 Å². The first kappa shape index (κ1) is 13.1. The first-order valence-corrected chi connectivity index (χ1v) is 8.16. The monoisotopic (exact) mass is 284 g/mol. The Kier molecular flexibility index (Phi) is 3.15. The number of nitrogens with zero attached hydrogens (tertiary/aromatic N) is 2. The number of aryl methyl sites for hydroxylation is 1. The minimum Gasteiger partial charge on any atom is -0.311 e. The Morgan fingerprint density at radius 3 is 2.47 bits per heavy atom. The minimum absolute atomic E-state index is 0.0954. The van der Waals surface area contributed by atoms with Crippen LogP contribution in [-0.4, -0.2) is 48.1 Å². The minimum atomic E-state index is -3.43. The van der Waals surface area contributed by atoms with Crippen molar-refractivity contribution in [2.75, 3.05) is 7.05 Å². The summed E-state index contributed by atoms with van der Waals surface area (Å²) < 4.78 is 26.7. The van der Waals surface area contributed by atoms with Gasteiger partial charge in [0.2, 0.25) is 10.0 Å². The molecule has 1 aromatic heterocycles. The smallest absolute Gasteiger partial charge is 0.246 e. The molecule has 2 bridgehead atoms. The van der Waals surface area contributed by atoms with Crippen LogP contribution in [0.3, 0.4) is 0 Å². The number of sulfonamides is 1. The maximum Gasteiger partial charge on any atom is 0.246 e. The quantitative estimate of drug-likeness (QED) is 0.853. The average molecular weight is 284 g/mol. The number of nitrogens with one attached hydrogen (secondary N) is 2. The van der Waals surface area contributed by atoms with Gasteiger partial charge in [-0.2, -0.15) is 9.40 Å². The molecule has 2 fully saturated rings. The molecule has 106 valence electrons. The van der Waals surface area contributed by atoms with E-state index in [0.717, 1.165) is 12.8 Å². The molecule has 19 heavy (non-hydrogen) atoms. The van der Waals surface area contributed by atoms with Crippen LogP contribution in [0.25, 0.3) is 0 Å². The van der Waals surface area contributed by atoms with Gasteiger partial charge in [0, 0.05) is 25.2 Å². The Morgan fingerprint density at radius 2 is 1.95 bits per heavy atom. The van der Waals surface area contributed by atoms with Gasteiger partial charge in [0.05, 0.1) is 11.9 Å². The summed E-state index contributed by atoms with van der Waals surface area (Å²) in [4.78, 5) is 0.292. The first-order chi connectivity index (χ1) is 8.98. The van der Waals surface area contributed by atoms with E-state index in [-0.39, 0.29) is 6.04 Å². The van der Waals surface area contributed by atoms with Gasteiger partial charge in [0.25, 0.3) is 0 Å². The Bertz CT molecular complexity index is 556. The molecular weight excluding hydrogens is 264 g/mol. The molecule has 3 heterocycles. The molecule has 2 aliphatic heterocycles. The molecule has 0 radical (unpaired) electrons. The van der Waals surface area contributed by atoms with Crippen LogP contribution < -0.4 is 5.32 Å². The summed E-state index contributed by atoms with van der Waals surface area (Å²) in [6, 6.07) is 1.05. The molecule has 2 atom stereocenters. The van der Waals surface area contributed by atoms with Crippen molar-refractivity contribution in [3.05, 3.63) is 11.9 Å². The van der Waals surface area contributed by atoms with Crippen LogP contribution in [0.1, 0.15) is 31.4 Å². The summed E-state index contributed by atoms with van der Waals surface area (Å²) in [5, 5.41) is 10.0. The number of hydrogen-bond acceptors (Lipinski definition) is 4. The van der Waals surface area contributed by atoms with Gasteiger partial charge < -0.3 is 5.32 Å². The molecule has 6 nitrogen and oxygen atoms in total. The highest BCUT2D eigenvalue weighted by atomic mass is 32.2. The van der Waals surface area contributed by atoms with Crippen molar-refractivity contribution in [1.29, 1.82) is 0 Å². The third-order valence-electron chi connectivity index (χ3n) is 4.40. The summed E-state index contributed by atoms with van der Waals surface area (Å²) in [5.74, 6) is 0. The molecule has 2 saturated heterocycles. The van der Waals surface area contributed by atoms with Crippen molar-refractivity contribution in [1.82, 2.24) is 19.8 Å². The Labute approximate surface area is 113 Å². The molecule has 1 aromatic rings. The SMILES string of the molecule is Cc1[nH]ncc1S(=O)(=O)N(C)C1CC2CCC(C1)N2. The molecule has 0 amide bonds. The number of fused-ring (bicyclic) bond motifs is 2. The molecular formula is C12H20N4O2S. The maximum absolute atomic E-state index is 12.6. The van der Waals surface area contributed by atoms with Crippen LogP contribution in [-0.2, 0) is 10.0 Å². The second kappa shape index (κ2) is 4.57. The van der Waals surface area contributed by atoms with Gasteiger partial charge in [-0.25, -0.2) is 8.42 Å². The van der Waals surface area contributed by atoms with E-state index in [1.165, 1.54) is 23.3 Å². The van der Waals surface area contributed by atoms with Gasteiger partial charge in [-0.3, -0.25) is 5.10 Å². The molecule has 0 saturated carbocycles. The zero-order valence-corrected chi connectivity index (χ0v) is 12.1. The first-order valence-electron chi connectivity index (χ1n) is 6.72. The van der Waals surface area contributed by atoms with Gasteiger partial charge in [-0.15, -0.1) is 0 Å². The summed E-state index contributed by atoms with van der Waals surface area (Å²) in [5.41, 5.74) is 0.601. The van der Waals surface area contributed by atoms with E-state index in [1.54, 1.807) is 14.0 Å².